The molecule has 0 fully saturated rings. The Morgan fingerprint density at radius 3 is 2.59 bits per heavy atom. The molecule has 1 aromatic carbocycles. The van der Waals surface area contributed by atoms with Crippen LogP contribution in [0.25, 0.3) is 11.1 Å². The summed E-state index contributed by atoms with van der Waals surface area (Å²) in [7, 11) is 0. The van der Waals surface area contributed by atoms with E-state index in [1.807, 2.05) is 43.3 Å². The zero-order chi connectivity index (χ0) is 12.3. The van der Waals surface area contributed by atoms with E-state index in [-0.39, 0.29) is 5.56 Å². The molecule has 17 heavy (non-hydrogen) atoms. The minimum absolute atomic E-state index is 0.0243. The first-order valence-corrected chi connectivity index (χ1v) is 5.60. The van der Waals surface area contributed by atoms with Gasteiger partial charge in [0.2, 0.25) is 0 Å². The number of hydrogen-bond acceptors (Lipinski definition) is 1. The third-order valence-electron chi connectivity index (χ3n) is 2.71. The Hall–Kier alpha value is -2.09. The fourth-order valence-corrected chi connectivity index (χ4v) is 1.77. The Balaban J connectivity index is 2.52. The van der Waals surface area contributed by atoms with Gasteiger partial charge >= 0.3 is 0 Å². The molecule has 0 N–H and O–H groups in total. The molecule has 0 radical (unpaired) electrons. The van der Waals surface area contributed by atoms with Gasteiger partial charge in [0, 0.05) is 18.3 Å². The van der Waals surface area contributed by atoms with Crippen LogP contribution in [0.2, 0.25) is 0 Å². The monoisotopic (exact) mass is 225 g/mol. The van der Waals surface area contributed by atoms with E-state index < -0.39 is 0 Å². The topological polar surface area (TPSA) is 22.0 Å². The van der Waals surface area contributed by atoms with Crippen molar-refractivity contribution in [3.63, 3.8) is 0 Å². The Labute approximate surface area is 101 Å². The van der Waals surface area contributed by atoms with E-state index in [4.69, 9.17) is 0 Å². The van der Waals surface area contributed by atoms with Crippen molar-refractivity contribution in [1.29, 1.82) is 0 Å². The second-order valence-electron chi connectivity index (χ2n) is 4.03. The molecule has 0 spiro atoms. The van der Waals surface area contributed by atoms with Crippen molar-refractivity contribution in [2.45, 2.75) is 13.5 Å². The third-order valence-corrected chi connectivity index (χ3v) is 2.71. The Kier molecular flexibility index (Phi) is 3.24. The molecule has 0 amide bonds. The summed E-state index contributed by atoms with van der Waals surface area (Å²) in [6.45, 7) is 6.22. The molecule has 0 aliphatic carbocycles. The number of allylic oxidation sites excluding steroid dienone is 1. The van der Waals surface area contributed by atoms with Crippen molar-refractivity contribution < 1.29 is 0 Å². The molecule has 2 heteroatoms. The fourth-order valence-electron chi connectivity index (χ4n) is 1.77. The highest BCUT2D eigenvalue weighted by Crippen LogP contribution is 2.15. The molecule has 2 aromatic rings. The van der Waals surface area contributed by atoms with Crippen molar-refractivity contribution in [2.24, 2.45) is 0 Å². The van der Waals surface area contributed by atoms with Crippen molar-refractivity contribution in [2.75, 3.05) is 0 Å². The highest BCUT2D eigenvalue weighted by molar-refractivity contribution is 5.62. The van der Waals surface area contributed by atoms with E-state index in [0.29, 0.717) is 6.54 Å². The highest BCUT2D eigenvalue weighted by atomic mass is 16.1. The summed E-state index contributed by atoms with van der Waals surface area (Å²) >= 11 is 0. The predicted octanol–water partition coefficient (Wildman–Crippen LogP) is 3.01. The van der Waals surface area contributed by atoms with Crippen LogP contribution in [0.15, 0.2) is 60.0 Å². The van der Waals surface area contributed by atoms with Crippen molar-refractivity contribution in [1.82, 2.24) is 4.57 Å². The average Bonchev–Trinajstić information content (AvgIpc) is 2.34. The lowest BCUT2D eigenvalue weighted by molar-refractivity contribution is 0.782. The molecule has 1 heterocycles. The number of aryl methyl sites for hydroxylation is 1. The van der Waals surface area contributed by atoms with Crippen LogP contribution in [0, 0.1) is 6.92 Å². The lowest BCUT2D eigenvalue weighted by Gasteiger charge is -2.06. The maximum absolute atomic E-state index is 12.2. The maximum atomic E-state index is 12.2. The molecule has 1 aromatic heterocycles. The Morgan fingerprint density at radius 1 is 1.24 bits per heavy atom. The Morgan fingerprint density at radius 2 is 1.94 bits per heavy atom. The van der Waals surface area contributed by atoms with Gasteiger partial charge in [0.15, 0.2) is 0 Å². The number of nitrogens with zero attached hydrogens (tertiary/aromatic N) is 1. The van der Waals surface area contributed by atoms with Gasteiger partial charge in [-0.3, -0.25) is 4.79 Å². The number of rotatable bonds is 3. The molecule has 0 unspecified atom stereocenters. The van der Waals surface area contributed by atoms with Crippen molar-refractivity contribution >= 4 is 0 Å². The second kappa shape index (κ2) is 4.83. The van der Waals surface area contributed by atoms with Gasteiger partial charge in [-0.2, -0.15) is 0 Å². The van der Waals surface area contributed by atoms with Gasteiger partial charge in [0.05, 0.1) is 0 Å². The fraction of sp³-hybridized carbons (Fsp3) is 0.133. The number of pyridine rings is 1. The summed E-state index contributed by atoms with van der Waals surface area (Å²) in [5, 5.41) is 0. The lowest BCUT2D eigenvalue weighted by Crippen LogP contribution is -2.19. The maximum Gasteiger partial charge on any atom is 0.258 e. The van der Waals surface area contributed by atoms with Crippen molar-refractivity contribution in [3.05, 3.63) is 71.2 Å². The molecule has 86 valence electrons. The first-order valence-electron chi connectivity index (χ1n) is 5.60. The van der Waals surface area contributed by atoms with E-state index >= 15 is 0 Å². The smallest absolute Gasteiger partial charge is 0.258 e. The summed E-state index contributed by atoms with van der Waals surface area (Å²) in [6, 6.07) is 11.7. The molecule has 2 rings (SSSR count). The van der Waals surface area contributed by atoms with Crippen LogP contribution in [0.3, 0.4) is 0 Å². The van der Waals surface area contributed by atoms with E-state index in [2.05, 4.69) is 6.58 Å². The zero-order valence-electron chi connectivity index (χ0n) is 9.89. The first-order chi connectivity index (χ1) is 8.22. The zero-order valence-corrected chi connectivity index (χ0v) is 9.89. The van der Waals surface area contributed by atoms with Crippen LogP contribution in [0.4, 0.5) is 0 Å². The number of aromatic nitrogens is 1. The quantitative estimate of drug-likeness (QED) is 0.736. The van der Waals surface area contributed by atoms with Gasteiger partial charge in [-0.25, -0.2) is 0 Å². The summed E-state index contributed by atoms with van der Waals surface area (Å²) in [5.41, 5.74) is 2.90. The van der Waals surface area contributed by atoms with Crippen LogP contribution < -0.4 is 5.56 Å². The standard InChI is InChI=1S/C15H15NO/c1-3-10-16-11-4-5-14(15(16)17)13-8-6-12(2)7-9-13/h3-9,11H,1,10H2,2H3. The summed E-state index contributed by atoms with van der Waals surface area (Å²) in [5.74, 6) is 0. The predicted molar refractivity (Wildman–Crippen MR) is 71.1 cm³/mol. The van der Waals surface area contributed by atoms with Gasteiger partial charge in [0.1, 0.15) is 0 Å². The molecular weight excluding hydrogens is 210 g/mol. The van der Waals surface area contributed by atoms with Crippen molar-refractivity contribution in [3.8, 4) is 11.1 Å². The van der Waals surface area contributed by atoms with Gasteiger partial charge in [-0.15, -0.1) is 6.58 Å². The summed E-state index contributed by atoms with van der Waals surface area (Å²) in [6.07, 6.45) is 3.50. The molecule has 2 nitrogen and oxygen atoms in total. The SMILES string of the molecule is C=CCn1cccc(-c2ccc(C)cc2)c1=O. The summed E-state index contributed by atoms with van der Waals surface area (Å²) < 4.78 is 1.65. The molecule has 0 saturated heterocycles. The molecular formula is C15H15NO. The van der Waals surface area contributed by atoms with E-state index in [9.17, 15) is 4.79 Å². The number of benzene rings is 1. The molecule has 0 aliphatic rings. The lowest BCUT2D eigenvalue weighted by atomic mass is 10.1. The second-order valence-corrected chi connectivity index (χ2v) is 4.03. The van der Waals surface area contributed by atoms with E-state index in [1.165, 1.54) is 5.56 Å². The van der Waals surface area contributed by atoms with Gasteiger partial charge in [0.25, 0.3) is 5.56 Å². The van der Waals surface area contributed by atoms with Crippen LogP contribution in [-0.4, -0.2) is 4.57 Å². The largest absolute Gasteiger partial charge is 0.311 e. The molecule has 0 aliphatic heterocycles. The third kappa shape index (κ3) is 2.36. The van der Waals surface area contributed by atoms with Gasteiger partial charge < -0.3 is 4.57 Å². The molecule has 0 bridgehead atoms. The minimum Gasteiger partial charge on any atom is -0.311 e. The van der Waals surface area contributed by atoms with Crippen LogP contribution in [0.5, 0.6) is 0 Å². The molecule has 0 atom stereocenters. The average molecular weight is 225 g/mol. The van der Waals surface area contributed by atoms with E-state index in [1.54, 1.807) is 16.8 Å². The van der Waals surface area contributed by atoms with Crippen LogP contribution in [0.1, 0.15) is 5.56 Å². The van der Waals surface area contributed by atoms with Crippen LogP contribution in [-0.2, 0) is 6.54 Å². The summed E-state index contributed by atoms with van der Waals surface area (Å²) in [4.78, 5) is 12.2. The first kappa shape index (κ1) is 11.4. The van der Waals surface area contributed by atoms with E-state index in [0.717, 1.165) is 11.1 Å². The normalized spacial score (nSPS) is 10.2. The Bertz CT molecular complexity index is 579. The van der Waals surface area contributed by atoms with Gasteiger partial charge in [-0.1, -0.05) is 35.9 Å². The number of hydrogen-bond donors (Lipinski definition) is 0. The molecule has 0 saturated carbocycles. The minimum atomic E-state index is 0.0243. The van der Waals surface area contributed by atoms with Gasteiger partial charge in [-0.05, 0) is 24.6 Å². The highest BCUT2D eigenvalue weighted by Gasteiger charge is 2.04. The van der Waals surface area contributed by atoms with Crippen LogP contribution >= 0.6 is 0 Å².